The quantitative estimate of drug-likeness (QED) is 0.783. The highest BCUT2D eigenvalue weighted by Crippen LogP contribution is 2.21. The van der Waals surface area contributed by atoms with E-state index in [1.807, 2.05) is 0 Å². The van der Waals surface area contributed by atoms with E-state index in [1.165, 1.54) is 13.8 Å². The van der Waals surface area contributed by atoms with Crippen molar-refractivity contribution in [1.82, 2.24) is 10.1 Å². The van der Waals surface area contributed by atoms with Gasteiger partial charge in [-0.3, -0.25) is 4.79 Å². The van der Waals surface area contributed by atoms with Crippen molar-refractivity contribution in [3.63, 3.8) is 0 Å². The van der Waals surface area contributed by atoms with Crippen molar-refractivity contribution in [3.8, 4) is 0 Å². The predicted octanol–water partition coefficient (Wildman–Crippen LogP) is 1.87. The lowest BCUT2D eigenvalue weighted by atomic mass is 10.1. The number of carbonyl (C=O) groups is 1. The second-order valence-electron chi connectivity index (χ2n) is 3.17. The van der Waals surface area contributed by atoms with Crippen molar-refractivity contribution in [1.29, 1.82) is 0 Å². The lowest BCUT2D eigenvalue weighted by Gasteiger charge is -2.00. The predicted molar refractivity (Wildman–Crippen MR) is 43.2 cm³/mol. The second-order valence-corrected chi connectivity index (χ2v) is 3.17. The van der Waals surface area contributed by atoms with Gasteiger partial charge in [-0.25, -0.2) is 0 Å². The Bertz CT molecular complexity index is 359. The zero-order valence-electron chi connectivity index (χ0n) is 8.13. The number of rotatable bonds is 3. The molecule has 1 rings (SSSR count). The second kappa shape index (κ2) is 4.00. The van der Waals surface area contributed by atoms with Crippen LogP contribution in [-0.4, -0.2) is 22.1 Å². The summed E-state index contributed by atoms with van der Waals surface area (Å²) < 4.78 is 40.3. The molecule has 84 valence electrons. The molecule has 0 aliphatic rings. The Morgan fingerprint density at radius 3 is 2.60 bits per heavy atom. The standard InChI is InChI=1S/C8H9F3N2O2/c1-4(5(2)14)7-12-6(13-15-7)3-8(9,10)11/h4H,3H2,1-2H3. The molecule has 0 saturated heterocycles. The Hall–Kier alpha value is -1.40. The van der Waals surface area contributed by atoms with Crippen molar-refractivity contribution in [3.05, 3.63) is 11.7 Å². The Balaban J connectivity index is 2.77. The van der Waals surface area contributed by atoms with Crippen molar-refractivity contribution in [2.45, 2.75) is 32.4 Å². The van der Waals surface area contributed by atoms with Gasteiger partial charge in [0.1, 0.15) is 12.2 Å². The van der Waals surface area contributed by atoms with Gasteiger partial charge in [0.05, 0.1) is 5.92 Å². The number of ketones is 1. The van der Waals surface area contributed by atoms with E-state index in [9.17, 15) is 18.0 Å². The molecule has 0 bridgehead atoms. The highest BCUT2D eigenvalue weighted by Gasteiger charge is 2.31. The van der Waals surface area contributed by atoms with E-state index < -0.39 is 24.3 Å². The number of aromatic nitrogens is 2. The Morgan fingerprint density at radius 1 is 1.53 bits per heavy atom. The molecule has 0 spiro atoms. The molecule has 0 fully saturated rings. The molecule has 1 aromatic heterocycles. The average molecular weight is 222 g/mol. The summed E-state index contributed by atoms with van der Waals surface area (Å²) >= 11 is 0. The molecule has 1 heterocycles. The molecule has 1 atom stereocenters. The third-order valence-electron chi connectivity index (χ3n) is 1.82. The number of Topliss-reactive ketones (excluding diaryl/α,β-unsaturated/α-hetero) is 1. The zero-order valence-corrected chi connectivity index (χ0v) is 8.13. The summed E-state index contributed by atoms with van der Waals surface area (Å²) in [5.74, 6) is -1.44. The fourth-order valence-electron chi connectivity index (χ4n) is 0.868. The summed E-state index contributed by atoms with van der Waals surface area (Å²) in [5, 5.41) is 3.15. The van der Waals surface area contributed by atoms with Crippen LogP contribution in [0.25, 0.3) is 0 Å². The average Bonchev–Trinajstić information content (AvgIpc) is 2.48. The van der Waals surface area contributed by atoms with Gasteiger partial charge in [0.2, 0.25) is 5.89 Å². The van der Waals surface area contributed by atoms with Gasteiger partial charge in [0.15, 0.2) is 5.82 Å². The van der Waals surface area contributed by atoms with Crippen LogP contribution in [0.2, 0.25) is 0 Å². The molecule has 7 heteroatoms. The Kier molecular flexibility index (Phi) is 3.11. The molecule has 1 aromatic rings. The molecular weight excluding hydrogens is 213 g/mol. The summed E-state index contributed by atoms with van der Waals surface area (Å²) in [5.41, 5.74) is 0. The van der Waals surface area contributed by atoms with Crippen LogP contribution in [-0.2, 0) is 11.2 Å². The fourth-order valence-corrected chi connectivity index (χ4v) is 0.868. The van der Waals surface area contributed by atoms with Crippen LogP contribution >= 0.6 is 0 Å². The number of halogens is 3. The molecule has 0 amide bonds. The number of carbonyl (C=O) groups excluding carboxylic acids is 1. The van der Waals surface area contributed by atoms with Crippen molar-refractivity contribution in [2.24, 2.45) is 0 Å². The van der Waals surface area contributed by atoms with Crippen LogP contribution < -0.4 is 0 Å². The molecule has 0 aliphatic carbocycles. The first kappa shape index (κ1) is 11.7. The Morgan fingerprint density at radius 2 is 2.13 bits per heavy atom. The molecular formula is C8H9F3N2O2. The van der Waals surface area contributed by atoms with Crippen LogP contribution in [0.1, 0.15) is 31.5 Å². The van der Waals surface area contributed by atoms with Gasteiger partial charge in [-0.1, -0.05) is 5.16 Å². The topological polar surface area (TPSA) is 56.0 Å². The third-order valence-corrected chi connectivity index (χ3v) is 1.82. The molecule has 15 heavy (non-hydrogen) atoms. The van der Waals surface area contributed by atoms with Crippen molar-refractivity contribution in [2.75, 3.05) is 0 Å². The van der Waals surface area contributed by atoms with Gasteiger partial charge in [-0.15, -0.1) is 0 Å². The summed E-state index contributed by atoms with van der Waals surface area (Å²) in [6, 6.07) is 0. The SMILES string of the molecule is CC(=O)C(C)c1nc(CC(F)(F)F)no1. The van der Waals surface area contributed by atoms with Crippen molar-refractivity contribution < 1.29 is 22.5 Å². The molecule has 0 saturated carbocycles. The molecule has 4 nitrogen and oxygen atoms in total. The van der Waals surface area contributed by atoms with Gasteiger partial charge < -0.3 is 4.52 Å². The zero-order chi connectivity index (χ0) is 11.6. The minimum atomic E-state index is -4.37. The van der Waals surface area contributed by atoms with Crippen LogP contribution in [0.5, 0.6) is 0 Å². The maximum atomic E-state index is 11.9. The summed E-state index contributed by atoms with van der Waals surface area (Å²) in [6.07, 6.45) is -5.62. The maximum absolute atomic E-state index is 11.9. The van der Waals surface area contributed by atoms with Crippen LogP contribution in [0.15, 0.2) is 4.52 Å². The molecule has 0 radical (unpaired) electrons. The van der Waals surface area contributed by atoms with Gasteiger partial charge in [-0.05, 0) is 13.8 Å². The first-order valence-corrected chi connectivity index (χ1v) is 4.19. The van der Waals surface area contributed by atoms with Gasteiger partial charge in [0.25, 0.3) is 0 Å². The van der Waals surface area contributed by atoms with E-state index in [2.05, 4.69) is 14.7 Å². The maximum Gasteiger partial charge on any atom is 0.396 e. The van der Waals surface area contributed by atoms with Gasteiger partial charge >= 0.3 is 6.18 Å². The van der Waals surface area contributed by atoms with E-state index in [-0.39, 0.29) is 11.7 Å². The van der Waals surface area contributed by atoms with E-state index in [0.29, 0.717) is 0 Å². The van der Waals surface area contributed by atoms with E-state index >= 15 is 0 Å². The first-order chi connectivity index (χ1) is 6.79. The summed E-state index contributed by atoms with van der Waals surface area (Å²) in [7, 11) is 0. The number of alkyl halides is 3. The Labute approximate surface area is 83.5 Å². The van der Waals surface area contributed by atoms with Crippen molar-refractivity contribution >= 4 is 5.78 Å². The highest BCUT2D eigenvalue weighted by atomic mass is 19.4. The number of hydrogen-bond donors (Lipinski definition) is 0. The van der Waals surface area contributed by atoms with Crippen LogP contribution in [0.4, 0.5) is 13.2 Å². The minimum absolute atomic E-state index is 0.0817. The summed E-state index contributed by atoms with van der Waals surface area (Å²) in [4.78, 5) is 14.4. The summed E-state index contributed by atoms with van der Waals surface area (Å²) in [6.45, 7) is 2.80. The van der Waals surface area contributed by atoms with E-state index in [4.69, 9.17) is 0 Å². The molecule has 1 unspecified atom stereocenters. The number of nitrogens with zero attached hydrogens (tertiary/aromatic N) is 2. The largest absolute Gasteiger partial charge is 0.396 e. The van der Waals surface area contributed by atoms with Gasteiger partial charge in [0, 0.05) is 0 Å². The fraction of sp³-hybridized carbons (Fsp3) is 0.625. The molecule has 0 aliphatic heterocycles. The smallest absolute Gasteiger partial charge is 0.339 e. The lowest BCUT2D eigenvalue weighted by molar-refractivity contribution is -0.128. The normalized spacial score (nSPS) is 13.9. The van der Waals surface area contributed by atoms with E-state index in [1.54, 1.807) is 0 Å². The van der Waals surface area contributed by atoms with E-state index in [0.717, 1.165) is 0 Å². The van der Waals surface area contributed by atoms with Crippen LogP contribution in [0, 0.1) is 0 Å². The lowest BCUT2D eigenvalue weighted by Crippen LogP contribution is -2.13. The first-order valence-electron chi connectivity index (χ1n) is 4.19. The van der Waals surface area contributed by atoms with Gasteiger partial charge in [-0.2, -0.15) is 18.2 Å². The minimum Gasteiger partial charge on any atom is -0.339 e. The third kappa shape index (κ3) is 3.34. The number of hydrogen-bond acceptors (Lipinski definition) is 4. The van der Waals surface area contributed by atoms with Crippen LogP contribution in [0.3, 0.4) is 0 Å². The molecule has 0 N–H and O–H groups in total. The highest BCUT2D eigenvalue weighted by molar-refractivity contribution is 5.81. The monoisotopic (exact) mass is 222 g/mol. The molecule has 0 aromatic carbocycles.